The van der Waals surface area contributed by atoms with Crippen LogP contribution >= 0.6 is 0 Å². The van der Waals surface area contributed by atoms with Crippen LogP contribution < -0.4 is 5.56 Å². The zero-order valence-corrected chi connectivity index (χ0v) is 9.53. The quantitative estimate of drug-likeness (QED) is 0.836. The number of nitrogens with zero attached hydrogens (tertiary/aromatic N) is 2. The van der Waals surface area contributed by atoms with Crippen LogP contribution in [0.25, 0.3) is 5.65 Å². The third-order valence-corrected chi connectivity index (χ3v) is 3.13. The number of pyridine rings is 1. The lowest BCUT2D eigenvalue weighted by molar-refractivity contribution is 0.829. The lowest BCUT2D eigenvalue weighted by Crippen LogP contribution is -2.14. The lowest BCUT2D eigenvalue weighted by atomic mass is 10.1. The molecule has 1 N–H and O–H groups in total. The summed E-state index contributed by atoms with van der Waals surface area (Å²) in [5.74, 6) is 1.86. The van der Waals surface area contributed by atoms with Gasteiger partial charge < -0.3 is 0 Å². The number of aromatic amines is 1. The Hall–Kier alpha value is -1.58. The largest absolute Gasteiger partial charge is 0.276 e. The molecule has 2 aromatic rings. The number of hydrogen-bond donors (Lipinski definition) is 1. The van der Waals surface area contributed by atoms with Crippen molar-refractivity contribution in [2.24, 2.45) is 0 Å². The van der Waals surface area contributed by atoms with Crippen LogP contribution in [-0.2, 0) is 0 Å². The van der Waals surface area contributed by atoms with E-state index in [9.17, 15) is 4.79 Å². The Kier molecular flexibility index (Phi) is 1.93. The van der Waals surface area contributed by atoms with Crippen molar-refractivity contribution in [3.05, 3.63) is 33.9 Å². The molecule has 1 saturated carbocycles. The van der Waals surface area contributed by atoms with E-state index in [0.29, 0.717) is 11.8 Å². The van der Waals surface area contributed by atoms with E-state index in [0.717, 1.165) is 17.0 Å². The first-order valence-corrected chi connectivity index (χ1v) is 5.78. The fourth-order valence-electron chi connectivity index (χ4n) is 1.91. The van der Waals surface area contributed by atoms with Gasteiger partial charge in [-0.3, -0.25) is 9.89 Å². The van der Waals surface area contributed by atoms with E-state index in [1.807, 2.05) is 6.07 Å². The van der Waals surface area contributed by atoms with Crippen molar-refractivity contribution in [3.63, 3.8) is 0 Å². The molecule has 0 aromatic carbocycles. The maximum absolute atomic E-state index is 11.9. The highest BCUT2D eigenvalue weighted by Crippen LogP contribution is 2.38. The summed E-state index contributed by atoms with van der Waals surface area (Å²) < 4.78 is 1.54. The molecule has 0 saturated heterocycles. The van der Waals surface area contributed by atoms with Gasteiger partial charge in [-0.25, -0.2) is 9.50 Å². The van der Waals surface area contributed by atoms with Crippen LogP contribution in [0.2, 0.25) is 0 Å². The lowest BCUT2D eigenvalue weighted by Gasteiger charge is -2.03. The molecule has 0 spiro atoms. The minimum absolute atomic E-state index is 0.0133. The monoisotopic (exact) mass is 217 g/mol. The number of aromatic nitrogens is 3. The van der Waals surface area contributed by atoms with Crippen molar-refractivity contribution in [2.45, 2.75) is 38.5 Å². The van der Waals surface area contributed by atoms with E-state index < -0.39 is 0 Å². The molecular weight excluding hydrogens is 202 g/mol. The maximum Gasteiger partial charge on any atom is 0.271 e. The summed E-state index contributed by atoms with van der Waals surface area (Å²) in [6.07, 6.45) is 2.37. The molecule has 0 radical (unpaired) electrons. The predicted octanol–water partition coefficient (Wildman–Crippen LogP) is 2.02. The number of hydrogen-bond acceptors (Lipinski definition) is 2. The van der Waals surface area contributed by atoms with Gasteiger partial charge in [-0.05, 0) is 30.4 Å². The Labute approximate surface area is 93.3 Å². The average molecular weight is 217 g/mol. The fraction of sp³-hybridized carbons (Fsp3) is 0.500. The van der Waals surface area contributed by atoms with E-state index in [1.165, 1.54) is 12.8 Å². The van der Waals surface area contributed by atoms with Crippen LogP contribution in [0.3, 0.4) is 0 Å². The first kappa shape index (κ1) is 9.63. The normalized spacial score (nSPS) is 16.2. The molecule has 16 heavy (non-hydrogen) atoms. The number of H-pyrrole nitrogens is 1. The van der Waals surface area contributed by atoms with Gasteiger partial charge in [0.15, 0.2) is 5.65 Å². The molecule has 0 amide bonds. The van der Waals surface area contributed by atoms with Crippen LogP contribution in [0.4, 0.5) is 0 Å². The highest BCUT2D eigenvalue weighted by Gasteiger charge is 2.27. The topological polar surface area (TPSA) is 50.2 Å². The zero-order valence-electron chi connectivity index (χ0n) is 9.53. The molecule has 4 nitrogen and oxygen atoms in total. The van der Waals surface area contributed by atoms with Crippen molar-refractivity contribution >= 4 is 5.65 Å². The Balaban J connectivity index is 2.21. The molecule has 1 aliphatic rings. The van der Waals surface area contributed by atoms with Crippen molar-refractivity contribution in [1.82, 2.24) is 14.6 Å². The Morgan fingerprint density at radius 3 is 2.81 bits per heavy atom. The molecule has 3 rings (SSSR count). The van der Waals surface area contributed by atoms with Crippen LogP contribution in [0, 0.1) is 0 Å². The van der Waals surface area contributed by atoms with E-state index >= 15 is 0 Å². The summed E-state index contributed by atoms with van der Waals surface area (Å²) in [5, 5.41) is 3.08. The third-order valence-electron chi connectivity index (χ3n) is 3.13. The molecule has 0 atom stereocenters. The zero-order chi connectivity index (χ0) is 11.3. The summed E-state index contributed by atoms with van der Waals surface area (Å²) >= 11 is 0. The Bertz CT molecular complexity index is 590. The fourth-order valence-corrected chi connectivity index (χ4v) is 1.91. The molecule has 2 heterocycles. The molecule has 1 fully saturated rings. The van der Waals surface area contributed by atoms with E-state index in [2.05, 4.69) is 23.9 Å². The van der Waals surface area contributed by atoms with Gasteiger partial charge in [-0.15, -0.1) is 0 Å². The standard InChI is InChI=1S/C12H15N3O/c1-7(2)9-5-10-13-12(8-3-4-8)14-15(10)11(16)6-9/h5-8H,3-4H2,1-2H3,(H,13,14). The van der Waals surface area contributed by atoms with Gasteiger partial charge in [0.05, 0.1) is 0 Å². The minimum Gasteiger partial charge on any atom is -0.276 e. The molecule has 0 bridgehead atoms. The Morgan fingerprint density at radius 2 is 2.19 bits per heavy atom. The van der Waals surface area contributed by atoms with Gasteiger partial charge in [-0.1, -0.05) is 13.8 Å². The molecule has 0 aliphatic heterocycles. The van der Waals surface area contributed by atoms with Gasteiger partial charge in [0, 0.05) is 12.0 Å². The summed E-state index contributed by atoms with van der Waals surface area (Å²) in [7, 11) is 0. The van der Waals surface area contributed by atoms with Crippen LogP contribution in [0.5, 0.6) is 0 Å². The molecular formula is C12H15N3O. The Morgan fingerprint density at radius 1 is 1.44 bits per heavy atom. The molecule has 2 aromatic heterocycles. The molecule has 0 unspecified atom stereocenters. The van der Waals surface area contributed by atoms with Crippen molar-refractivity contribution < 1.29 is 0 Å². The number of rotatable bonds is 2. The van der Waals surface area contributed by atoms with Gasteiger partial charge in [0.25, 0.3) is 5.56 Å². The second-order valence-corrected chi connectivity index (χ2v) is 4.86. The van der Waals surface area contributed by atoms with Crippen molar-refractivity contribution in [3.8, 4) is 0 Å². The van der Waals surface area contributed by atoms with Gasteiger partial charge in [0.2, 0.25) is 0 Å². The highest BCUT2D eigenvalue weighted by molar-refractivity contribution is 5.42. The SMILES string of the molecule is CC(C)c1cc(=O)n2[nH]c(C3CC3)nc2c1. The van der Waals surface area contributed by atoms with Crippen LogP contribution in [-0.4, -0.2) is 14.6 Å². The van der Waals surface area contributed by atoms with Gasteiger partial charge in [0.1, 0.15) is 5.82 Å². The predicted molar refractivity (Wildman–Crippen MR) is 61.9 cm³/mol. The second-order valence-electron chi connectivity index (χ2n) is 4.86. The van der Waals surface area contributed by atoms with Gasteiger partial charge in [-0.2, -0.15) is 0 Å². The van der Waals surface area contributed by atoms with E-state index in [-0.39, 0.29) is 5.56 Å². The minimum atomic E-state index is -0.0133. The molecule has 84 valence electrons. The van der Waals surface area contributed by atoms with Crippen LogP contribution in [0.1, 0.15) is 49.9 Å². The summed E-state index contributed by atoms with van der Waals surface area (Å²) in [6, 6.07) is 3.68. The highest BCUT2D eigenvalue weighted by atomic mass is 16.1. The van der Waals surface area contributed by atoms with E-state index in [1.54, 1.807) is 10.6 Å². The smallest absolute Gasteiger partial charge is 0.271 e. The molecule has 1 aliphatic carbocycles. The first-order chi connectivity index (χ1) is 7.65. The average Bonchev–Trinajstić information content (AvgIpc) is 2.98. The summed E-state index contributed by atoms with van der Waals surface area (Å²) in [4.78, 5) is 16.3. The maximum atomic E-state index is 11.9. The van der Waals surface area contributed by atoms with Gasteiger partial charge >= 0.3 is 0 Å². The second kappa shape index (κ2) is 3.20. The van der Waals surface area contributed by atoms with Crippen molar-refractivity contribution in [1.29, 1.82) is 0 Å². The summed E-state index contributed by atoms with van der Waals surface area (Å²) in [6.45, 7) is 4.17. The molecule has 4 heteroatoms. The van der Waals surface area contributed by atoms with Crippen molar-refractivity contribution in [2.75, 3.05) is 0 Å². The third kappa shape index (κ3) is 1.45. The summed E-state index contributed by atoms with van der Waals surface area (Å²) in [5.41, 5.74) is 1.79. The number of fused-ring (bicyclic) bond motifs is 1. The first-order valence-electron chi connectivity index (χ1n) is 5.78. The number of nitrogens with one attached hydrogen (secondary N) is 1. The van der Waals surface area contributed by atoms with Crippen LogP contribution in [0.15, 0.2) is 16.9 Å². The van der Waals surface area contributed by atoms with E-state index in [4.69, 9.17) is 0 Å².